The molecule has 6 nitrogen and oxygen atoms in total. The number of oxazole rings is 1. The third-order valence-corrected chi connectivity index (χ3v) is 4.40. The number of nitrogens with one attached hydrogen (secondary N) is 2. The summed E-state index contributed by atoms with van der Waals surface area (Å²) < 4.78 is 5.57. The van der Waals surface area contributed by atoms with Crippen molar-refractivity contribution >= 4 is 29.9 Å². The van der Waals surface area contributed by atoms with Gasteiger partial charge in [0.2, 0.25) is 5.89 Å². The third kappa shape index (κ3) is 8.60. The van der Waals surface area contributed by atoms with Crippen molar-refractivity contribution < 1.29 is 4.42 Å². The number of halogens is 1. The van der Waals surface area contributed by atoms with Crippen LogP contribution in [0.15, 0.2) is 46.0 Å². The number of hydrogen-bond acceptors (Lipinski definition) is 4. The van der Waals surface area contributed by atoms with Crippen LogP contribution in [0.1, 0.15) is 39.3 Å². The van der Waals surface area contributed by atoms with Crippen LogP contribution in [0.4, 0.5) is 0 Å². The van der Waals surface area contributed by atoms with E-state index in [1.165, 1.54) is 6.42 Å². The monoisotopic (exact) mass is 499 g/mol. The molecule has 0 atom stereocenters. The first kappa shape index (κ1) is 24.4. The molecule has 7 heteroatoms. The van der Waals surface area contributed by atoms with Gasteiger partial charge in [-0.2, -0.15) is 0 Å². The van der Waals surface area contributed by atoms with Gasteiger partial charge in [-0.3, -0.25) is 0 Å². The summed E-state index contributed by atoms with van der Waals surface area (Å²) in [6.45, 7) is 12.1. The molecule has 0 aliphatic heterocycles. The maximum Gasteiger partial charge on any atom is 0.226 e. The quantitative estimate of drug-likeness (QED) is 0.211. The van der Waals surface area contributed by atoms with Gasteiger partial charge < -0.3 is 20.0 Å². The van der Waals surface area contributed by atoms with Crippen LogP contribution < -0.4 is 10.6 Å². The molecule has 0 spiro atoms. The Balaban J connectivity index is 0.00000392. The van der Waals surface area contributed by atoms with E-state index in [0.29, 0.717) is 12.4 Å². The van der Waals surface area contributed by atoms with Crippen molar-refractivity contribution in [3.63, 3.8) is 0 Å². The highest BCUT2D eigenvalue weighted by atomic mass is 127. The van der Waals surface area contributed by atoms with Crippen molar-refractivity contribution in [2.24, 2.45) is 4.99 Å². The Kier molecular flexibility index (Phi) is 12.6. The molecule has 0 aliphatic rings. The number of guanidine groups is 1. The van der Waals surface area contributed by atoms with Crippen LogP contribution in [0, 0.1) is 0 Å². The largest absolute Gasteiger partial charge is 0.444 e. The van der Waals surface area contributed by atoms with Gasteiger partial charge in [-0.15, -0.1) is 24.0 Å². The van der Waals surface area contributed by atoms with Crippen LogP contribution in [0.3, 0.4) is 0 Å². The lowest BCUT2D eigenvalue weighted by Crippen LogP contribution is -2.38. The second-order valence-corrected chi connectivity index (χ2v) is 6.37. The molecule has 0 fully saturated rings. The minimum absolute atomic E-state index is 0. The second kappa shape index (κ2) is 14.4. The molecule has 2 aromatic rings. The molecule has 0 aliphatic carbocycles. The molecule has 1 aromatic heterocycles. The average Bonchev–Trinajstić information content (AvgIpc) is 3.18. The zero-order valence-corrected chi connectivity index (χ0v) is 19.6. The van der Waals surface area contributed by atoms with Gasteiger partial charge >= 0.3 is 0 Å². The molecule has 1 aromatic carbocycles. The summed E-state index contributed by atoms with van der Waals surface area (Å²) in [6.07, 6.45) is 4.00. The molecule has 0 bridgehead atoms. The maximum absolute atomic E-state index is 5.57. The zero-order valence-electron chi connectivity index (χ0n) is 17.3. The second-order valence-electron chi connectivity index (χ2n) is 6.37. The first-order chi connectivity index (χ1) is 13.3. The van der Waals surface area contributed by atoms with Gasteiger partial charge in [0, 0.05) is 18.7 Å². The number of unbranched alkanes of at least 4 members (excludes halogenated alkanes) is 1. The number of nitrogens with zero attached hydrogens (tertiary/aromatic N) is 3. The van der Waals surface area contributed by atoms with Crippen molar-refractivity contribution in [1.82, 2.24) is 20.5 Å². The van der Waals surface area contributed by atoms with E-state index in [1.54, 1.807) is 6.26 Å². The zero-order chi connectivity index (χ0) is 19.3. The lowest BCUT2D eigenvalue weighted by molar-refractivity contribution is 0.297. The van der Waals surface area contributed by atoms with E-state index in [2.05, 4.69) is 46.3 Å². The Morgan fingerprint density at radius 3 is 2.50 bits per heavy atom. The van der Waals surface area contributed by atoms with Crippen LogP contribution in [-0.2, 0) is 6.54 Å². The molecule has 0 saturated heterocycles. The Bertz CT molecular complexity index is 670. The Hall–Kier alpha value is -1.61. The smallest absolute Gasteiger partial charge is 0.226 e. The molecule has 0 unspecified atom stereocenters. The number of hydrogen-bond donors (Lipinski definition) is 2. The fourth-order valence-corrected chi connectivity index (χ4v) is 2.80. The Morgan fingerprint density at radius 2 is 1.82 bits per heavy atom. The van der Waals surface area contributed by atoms with Crippen LogP contribution >= 0.6 is 24.0 Å². The van der Waals surface area contributed by atoms with E-state index in [4.69, 9.17) is 4.42 Å². The lowest BCUT2D eigenvalue weighted by atomic mass is 10.2. The molecule has 2 N–H and O–H groups in total. The first-order valence-corrected chi connectivity index (χ1v) is 10.0. The Morgan fingerprint density at radius 1 is 1.07 bits per heavy atom. The number of aromatic nitrogens is 1. The molecule has 0 radical (unpaired) electrons. The number of benzene rings is 1. The van der Waals surface area contributed by atoms with Gasteiger partial charge in [-0.25, -0.2) is 9.98 Å². The van der Waals surface area contributed by atoms with Gasteiger partial charge in [0.15, 0.2) is 5.96 Å². The van der Waals surface area contributed by atoms with Crippen LogP contribution in [0.5, 0.6) is 0 Å². The summed E-state index contributed by atoms with van der Waals surface area (Å²) in [5, 5.41) is 6.68. The molecule has 0 saturated carbocycles. The van der Waals surface area contributed by atoms with Gasteiger partial charge in [-0.1, -0.05) is 32.0 Å². The summed E-state index contributed by atoms with van der Waals surface area (Å²) in [5.74, 6) is 1.46. The molecular weight excluding hydrogens is 465 g/mol. The van der Waals surface area contributed by atoms with Gasteiger partial charge in [-0.05, 0) is 51.5 Å². The van der Waals surface area contributed by atoms with Gasteiger partial charge in [0.1, 0.15) is 12.0 Å². The molecule has 28 heavy (non-hydrogen) atoms. The molecule has 0 amide bonds. The van der Waals surface area contributed by atoms with E-state index in [0.717, 1.165) is 56.4 Å². The SMILES string of the molecule is CCNC(=NCc1coc(-c2ccccc2)n1)NCCCCN(CC)CC.I. The van der Waals surface area contributed by atoms with E-state index >= 15 is 0 Å². The summed E-state index contributed by atoms with van der Waals surface area (Å²) >= 11 is 0. The van der Waals surface area contributed by atoms with E-state index in [1.807, 2.05) is 30.3 Å². The normalized spacial score (nSPS) is 11.4. The fraction of sp³-hybridized carbons (Fsp3) is 0.524. The number of rotatable bonds is 11. The maximum atomic E-state index is 5.57. The number of aliphatic imine (C=N–C) groups is 1. The summed E-state index contributed by atoms with van der Waals surface area (Å²) in [4.78, 5) is 11.6. The third-order valence-electron chi connectivity index (χ3n) is 4.40. The first-order valence-electron chi connectivity index (χ1n) is 10.0. The van der Waals surface area contributed by atoms with E-state index in [-0.39, 0.29) is 24.0 Å². The Labute approximate surface area is 186 Å². The van der Waals surface area contributed by atoms with Crippen molar-refractivity contribution in [3.05, 3.63) is 42.3 Å². The predicted octanol–water partition coefficient (Wildman–Crippen LogP) is 4.14. The summed E-state index contributed by atoms with van der Waals surface area (Å²) in [7, 11) is 0. The molecule has 2 rings (SSSR count). The van der Waals surface area contributed by atoms with Crippen molar-refractivity contribution in [2.45, 2.75) is 40.2 Å². The fourth-order valence-electron chi connectivity index (χ4n) is 2.80. The summed E-state index contributed by atoms with van der Waals surface area (Å²) in [5.41, 5.74) is 1.80. The average molecular weight is 499 g/mol. The van der Waals surface area contributed by atoms with Crippen LogP contribution in [0.25, 0.3) is 11.5 Å². The van der Waals surface area contributed by atoms with E-state index in [9.17, 15) is 0 Å². The van der Waals surface area contributed by atoms with Crippen LogP contribution in [-0.4, -0.2) is 48.6 Å². The standard InChI is InChI=1S/C21H33N5O.HI/c1-4-22-21(23-14-10-11-15-26(5-2)6-3)24-16-19-17-27-20(25-19)18-12-8-7-9-13-18;/h7-9,12-13,17H,4-6,10-11,14-16H2,1-3H3,(H2,22,23,24);1H. The highest BCUT2D eigenvalue weighted by Crippen LogP contribution is 2.18. The van der Waals surface area contributed by atoms with Gasteiger partial charge in [0.25, 0.3) is 0 Å². The minimum Gasteiger partial charge on any atom is -0.444 e. The molecule has 156 valence electrons. The van der Waals surface area contributed by atoms with Crippen molar-refractivity contribution in [1.29, 1.82) is 0 Å². The lowest BCUT2D eigenvalue weighted by Gasteiger charge is -2.17. The summed E-state index contributed by atoms with van der Waals surface area (Å²) in [6, 6.07) is 9.91. The predicted molar refractivity (Wildman–Crippen MR) is 127 cm³/mol. The van der Waals surface area contributed by atoms with E-state index < -0.39 is 0 Å². The van der Waals surface area contributed by atoms with Gasteiger partial charge in [0.05, 0.1) is 6.54 Å². The van der Waals surface area contributed by atoms with Crippen molar-refractivity contribution in [2.75, 3.05) is 32.7 Å². The molecular formula is C21H34IN5O. The van der Waals surface area contributed by atoms with Crippen LogP contribution in [0.2, 0.25) is 0 Å². The topological polar surface area (TPSA) is 65.7 Å². The highest BCUT2D eigenvalue weighted by molar-refractivity contribution is 14.0. The molecule has 1 heterocycles. The van der Waals surface area contributed by atoms with Crippen molar-refractivity contribution in [3.8, 4) is 11.5 Å². The minimum atomic E-state index is 0. The highest BCUT2D eigenvalue weighted by Gasteiger charge is 2.06.